The van der Waals surface area contributed by atoms with Gasteiger partial charge in [0.15, 0.2) is 0 Å². The van der Waals surface area contributed by atoms with Crippen LogP contribution in [0.4, 0.5) is 0 Å². The molecular weight excluding hydrogens is 226 g/mol. The number of carbonyl (C=O) groups excluding carboxylic acids is 1. The first kappa shape index (κ1) is 7.92. The zero-order valence-electron chi connectivity index (χ0n) is 6.12. The molecule has 0 spiro atoms. The number of halogens is 1. The number of carbonyl (C=O) groups is 1. The van der Waals surface area contributed by atoms with Gasteiger partial charge in [0.2, 0.25) is 5.91 Å². The van der Waals surface area contributed by atoms with Crippen LogP contribution >= 0.6 is 27.7 Å². The average molecular weight is 236 g/mol. The van der Waals surface area contributed by atoms with Gasteiger partial charge in [0, 0.05) is 23.6 Å². The normalized spacial score (nSPS) is 34.8. The Morgan fingerprint density at radius 1 is 1.73 bits per heavy atom. The Morgan fingerprint density at radius 2 is 2.55 bits per heavy atom. The topological polar surface area (TPSA) is 20.3 Å². The molecule has 0 aromatic rings. The number of nitrogens with zero attached hydrogens (tertiary/aromatic N) is 1. The summed E-state index contributed by atoms with van der Waals surface area (Å²) in [6.45, 7) is 0.986. The summed E-state index contributed by atoms with van der Waals surface area (Å²) in [5.41, 5.74) is 0. The van der Waals surface area contributed by atoms with Crippen LogP contribution in [0.1, 0.15) is 6.42 Å². The van der Waals surface area contributed by atoms with Gasteiger partial charge in [0.1, 0.15) is 0 Å². The molecule has 2 atom stereocenters. The van der Waals surface area contributed by atoms with Gasteiger partial charge < -0.3 is 4.90 Å². The van der Waals surface area contributed by atoms with Crippen LogP contribution in [0, 0.1) is 0 Å². The third-order valence-electron chi connectivity index (χ3n) is 2.34. The molecule has 2 saturated heterocycles. The Labute approximate surface area is 78.8 Å². The van der Waals surface area contributed by atoms with E-state index in [0.717, 1.165) is 17.5 Å². The number of rotatable bonds is 1. The minimum atomic E-state index is 0.262. The number of hydrogen-bond donors (Lipinski definition) is 0. The number of likely N-dealkylation sites (tertiary alicyclic amines) is 1. The third kappa shape index (κ3) is 1.31. The molecule has 4 heteroatoms. The highest BCUT2D eigenvalue weighted by atomic mass is 79.9. The van der Waals surface area contributed by atoms with Gasteiger partial charge in [-0.3, -0.25) is 4.79 Å². The lowest BCUT2D eigenvalue weighted by atomic mass is 10.2. The van der Waals surface area contributed by atoms with Crippen molar-refractivity contribution >= 4 is 33.6 Å². The molecule has 2 aliphatic heterocycles. The summed E-state index contributed by atoms with van der Waals surface area (Å²) >= 11 is 5.21. The van der Waals surface area contributed by atoms with Gasteiger partial charge in [-0.2, -0.15) is 11.8 Å². The predicted octanol–water partition coefficient (Wildman–Crippen LogP) is 1.10. The van der Waals surface area contributed by atoms with Crippen LogP contribution in [0.3, 0.4) is 0 Å². The second-order valence-corrected chi connectivity index (χ2v) is 4.92. The zero-order chi connectivity index (χ0) is 7.84. The van der Waals surface area contributed by atoms with Crippen LogP contribution in [0.15, 0.2) is 0 Å². The molecule has 0 aromatic heterocycles. The molecule has 0 aliphatic carbocycles. The van der Waals surface area contributed by atoms with Gasteiger partial charge in [-0.1, -0.05) is 15.9 Å². The van der Waals surface area contributed by atoms with Crippen LogP contribution in [0.5, 0.6) is 0 Å². The fourth-order valence-corrected chi connectivity index (χ4v) is 3.54. The lowest BCUT2D eigenvalue weighted by Gasteiger charge is -2.25. The first-order valence-electron chi connectivity index (χ1n) is 3.78. The highest BCUT2D eigenvalue weighted by molar-refractivity contribution is 9.09. The number of fused-ring (bicyclic) bond motifs is 2. The van der Waals surface area contributed by atoms with Crippen molar-refractivity contribution in [2.24, 2.45) is 0 Å². The molecule has 0 N–H and O–H groups in total. The number of hydrogen-bond acceptors (Lipinski definition) is 2. The molecule has 2 rings (SSSR count). The molecule has 0 aromatic carbocycles. The summed E-state index contributed by atoms with van der Waals surface area (Å²) in [5, 5.41) is 1.23. The van der Waals surface area contributed by atoms with Crippen LogP contribution in [0.25, 0.3) is 0 Å². The molecule has 2 fully saturated rings. The van der Waals surface area contributed by atoms with E-state index in [1.54, 1.807) is 0 Å². The molecular formula is C7H10BrNOS. The maximum absolute atomic E-state index is 11.3. The van der Waals surface area contributed by atoms with Crippen LogP contribution in [-0.2, 0) is 4.79 Å². The lowest BCUT2D eigenvalue weighted by Crippen LogP contribution is -2.39. The number of amides is 1. The quantitative estimate of drug-likeness (QED) is 0.635. The van der Waals surface area contributed by atoms with Gasteiger partial charge in [-0.15, -0.1) is 0 Å². The minimum Gasteiger partial charge on any atom is -0.337 e. The zero-order valence-corrected chi connectivity index (χ0v) is 8.53. The van der Waals surface area contributed by atoms with E-state index in [2.05, 4.69) is 15.9 Å². The fourth-order valence-electron chi connectivity index (χ4n) is 1.78. The smallest absolute Gasteiger partial charge is 0.233 e. The van der Waals surface area contributed by atoms with Crippen molar-refractivity contribution in [2.45, 2.75) is 17.7 Å². The van der Waals surface area contributed by atoms with Crippen molar-refractivity contribution in [1.29, 1.82) is 0 Å². The standard InChI is InChI=1S/C7H10BrNOS/c8-2-7(10)9-3-6-1-5(9)4-11-6/h5-6H,1-4H2. The van der Waals surface area contributed by atoms with E-state index in [9.17, 15) is 4.79 Å². The van der Waals surface area contributed by atoms with Gasteiger partial charge in [0.25, 0.3) is 0 Å². The Hall–Kier alpha value is 0.300. The van der Waals surface area contributed by atoms with Crippen LogP contribution in [0.2, 0.25) is 0 Å². The molecule has 2 aliphatic rings. The first-order chi connectivity index (χ1) is 5.31. The molecule has 2 heterocycles. The van der Waals surface area contributed by atoms with Crippen molar-refractivity contribution in [2.75, 3.05) is 17.6 Å². The van der Waals surface area contributed by atoms with Crippen molar-refractivity contribution in [3.63, 3.8) is 0 Å². The summed E-state index contributed by atoms with van der Waals surface area (Å²) in [5.74, 6) is 1.42. The van der Waals surface area contributed by atoms with Crippen molar-refractivity contribution in [1.82, 2.24) is 4.90 Å². The third-order valence-corrected chi connectivity index (χ3v) is 4.20. The van der Waals surface area contributed by atoms with Crippen molar-refractivity contribution < 1.29 is 4.79 Å². The maximum atomic E-state index is 11.3. The maximum Gasteiger partial charge on any atom is 0.233 e. The largest absolute Gasteiger partial charge is 0.337 e. The first-order valence-corrected chi connectivity index (χ1v) is 5.95. The SMILES string of the molecule is O=C(CBr)N1CC2CC1CS2. The van der Waals surface area contributed by atoms with Crippen LogP contribution in [-0.4, -0.2) is 39.7 Å². The van der Waals surface area contributed by atoms with E-state index in [-0.39, 0.29) is 5.91 Å². The summed E-state index contributed by atoms with van der Waals surface area (Å²) < 4.78 is 0. The molecule has 11 heavy (non-hydrogen) atoms. The molecule has 0 radical (unpaired) electrons. The van der Waals surface area contributed by atoms with Crippen LogP contribution < -0.4 is 0 Å². The summed E-state index contributed by atoms with van der Waals surface area (Å²) in [6.07, 6.45) is 1.23. The summed E-state index contributed by atoms with van der Waals surface area (Å²) in [7, 11) is 0. The fraction of sp³-hybridized carbons (Fsp3) is 0.857. The highest BCUT2D eigenvalue weighted by Gasteiger charge is 2.40. The second kappa shape index (κ2) is 2.98. The second-order valence-electron chi connectivity index (χ2n) is 3.02. The Morgan fingerprint density at radius 3 is 3.00 bits per heavy atom. The molecule has 2 nitrogen and oxygen atoms in total. The molecule has 2 unspecified atom stereocenters. The van der Waals surface area contributed by atoms with Gasteiger partial charge >= 0.3 is 0 Å². The van der Waals surface area contributed by atoms with Gasteiger partial charge in [0.05, 0.1) is 5.33 Å². The summed E-state index contributed by atoms with van der Waals surface area (Å²) in [4.78, 5) is 13.3. The monoisotopic (exact) mass is 235 g/mol. The highest BCUT2D eigenvalue weighted by Crippen LogP contribution is 2.37. The summed E-state index contributed by atoms with van der Waals surface area (Å²) in [6, 6.07) is 0.551. The van der Waals surface area contributed by atoms with Gasteiger partial charge in [-0.25, -0.2) is 0 Å². The molecule has 0 saturated carbocycles. The van der Waals surface area contributed by atoms with Crippen molar-refractivity contribution in [3.8, 4) is 0 Å². The predicted molar refractivity (Wildman–Crippen MR) is 50.2 cm³/mol. The van der Waals surface area contributed by atoms with E-state index in [4.69, 9.17) is 0 Å². The molecule has 62 valence electrons. The average Bonchev–Trinajstić information content (AvgIpc) is 2.62. The van der Waals surface area contributed by atoms with E-state index in [1.165, 1.54) is 6.42 Å². The molecule has 2 bridgehead atoms. The van der Waals surface area contributed by atoms with Crippen molar-refractivity contribution in [3.05, 3.63) is 0 Å². The Kier molecular flexibility index (Phi) is 2.14. The Balaban J connectivity index is 2.02. The van der Waals surface area contributed by atoms with Gasteiger partial charge in [-0.05, 0) is 6.42 Å². The molecule has 1 amide bonds. The lowest BCUT2D eigenvalue weighted by molar-refractivity contribution is -0.128. The minimum absolute atomic E-state index is 0.262. The number of thioether (sulfide) groups is 1. The number of alkyl halides is 1. The van der Waals surface area contributed by atoms with E-state index >= 15 is 0 Å². The Bertz CT molecular complexity index is 187. The van der Waals surface area contributed by atoms with E-state index < -0.39 is 0 Å². The van der Waals surface area contributed by atoms with E-state index in [0.29, 0.717) is 11.4 Å². The van der Waals surface area contributed by atoms with E-state index in [1.807, 2.05) is 16.7 Å².